The molecule has 4 aliphatic carbocycles. The van der Waals surface area contributed by atoms with Crippen LogP contribution in [0.4, 0.5) is 0 Å². The molecule has 1 aromatic rings. The minimum absolute atomic E-state index is 0.416. The van der Waals surface area contributed by atoms with Crippen molar-refractivity contribution in [1.29, 1.82) is 0 Å². The maximum absolute atomic E-state index is 5.21. The van der Waals surface area contributed by atoms with Crippen molar-refractivity contribution in [3.63, 3.8) is 0 Å². The number of nitrogens with one attached hydrogen (secondary N) is 1. The van der Waals surface area contributed by atoms with E-state index in [0.717, 1.165) is 35.9 Å². The number of methoxy groups -OCH3 is 1. The second-order valence-corrected chi connectivity index (χ2v) is 7.22. The predicted octanol–water partition coefficient (Wildman–Crippen LogP) is 3.15. The van der Waals surface area contributed by atoms with Crippen LogP contribution in [-0.4, -0.2) is 17.6 Å². The van der Waals surface area contributed by atoms with Gasteiger partial charge in [-0.25, -0.2) is 4.98 Å². The number of nitrogens with zero attached hydrogens (tertiary/aromatic N) is 1. The van der Waals surface area contributed by atoms with E-state index >= 15 is 0 Å². The number of aromatic nitrogens is 1. The van der Waals surface area contributed by atoms with Crippen LogP contribution < -0.4 is 10.1 Å². The monoisotopic (exact) mass is 272 g/mol. The molecule has 0 aromatic carbocycles. The van der Waals surface area contributed by atoms with Crippen molar-refractivity contribution in [1.82, 2.24) is 10.3 Å². The highest BCUT2D eigenvalue weighted by atomic mass is 16.5. The molecule has 0 radical (unpaired) electrons. The van der Waals surface area contributed by atoms with Gasteiger partial charge in [0.1, 0.15) is 0 Å². The van der Waals surface area contributed by atoms with Crippen LogP contribution in [0.15, 0.2) is 18.2 Å². The number of hydrogen-bond donors (Lipinski definition) is 1. The van der Waals surface area contributed by atoms with Crippen LogP contribution in [0, 0.1) is 17.8 Å². The van der Waals surface area contributed by atoms with Gasteiger partial charge in [-0.05, 0) is 62.3 Å². The minimum atomic E-state index is 0.416. The molecule has 108 valence electrons. The molecule has 4 bridgehead atoms. The molecule has 3 nitrogen and oxygen atoms in total. The van der Waals surface area contributed by atoms with Crippen LogP contribution in [0.3, 0.4) is 0 Å². The van der Waals surface area contributed by atoms with Crippen molar-refractivity contribution in [2.24, 2.45) is 17.8 Å². The Balaban J connectivity index is 1.46. The average molecular weight is 272 g/mol. The number of pyridine rings is 1. The predicted molar refractivity (Wildman–Crippen MR) is 78.5 cm³/mol. The molecule has 0 saturated heterocycles. The first-order chi connectivity index (χ1) is 9.75. The molecule has 4 aliphatic rings. The quantitative estimate of drug-likeness (QED) is 0.914. The zero-order chi connectivity index (χ0) is 13.6. The molecule has 0 atom stereocenters. The molecule has 0 amide bonds. The van der Waals surface area contributed by atoms with Gasteiger partial charge in [-0.3, -0.25) is 0 Å². The number of ether oxygens (including phenoxy) is 1. The Bertz CT molecular complexity index is 464. The first-order valence-corrected chi connectivity index (χ1v) is 8.00. The molecule has 3 heteroatoms. The Morgan fingerprint density at radius 2 is 1.80 bits per heavy atom. The maximum Gasteiger partial charge on any atom is 0.213 e. The van der Waals surface area contributed by atoms with Crippen LogP contribution in [-0.2, 0) is 6.54 Å². The lowest BCUT2D eigenvalue weighted by Crippen LogP contribution is -2.58. The molecule has 20 heavy (non-hydrogen) atoms. The van der Waals surface area contributed by atoms with Crippen molar-refractivity contribution in [2.75, 3.05) is 7.11 Å². The highest BCUT2D eigenvalue weighted by molar-refractivity contribution is 5.16. The van der Waals surface area contributed by atoms with E-state index in [9.17, 15) is 0 Å². The van der Waals surface area contributed by atoms with Crippen LogP contribution >= 0.6 is 0 Å². The fourth-order valence-corrected chi connectivity index (χ4v) is 5.27. The van der Waals surface area contributed by atoms with E-state index in [1.54, 1.807) is 7.11 Å². The summed E-state index contributed by atoms with van der Waals surface area (Å²) in [5.74, 6) is 3.70. The topological polar surface area (TPSA) is 34.1 Å². The van der Waals surface area contributed by atoms with Crippen LogP contribution in [0.25, 0.3) is 0 Å². The first-order valence-electron chi connectivity index (χ1n) is 8.00. The van der Waals surface area contributed by atoms with Crippen molar-refractivity contribution in [3.05, 3.63) is 23.9 Å². The van der Waals surface area contributed by atoms with Crippen LogP contribution in [0.1, 0.15) is 44.2 Å². The SMILES string of the molecule is COc1cccc(CNC23CC4CC(CC(C4)C2)C3)n1. The normalized spacial score (nSPS) is 38.1. The van der Waals surface area contributed by atoms with Crippen molar-refractivity contribution in [3.8, 4) is 5.88 Å². The molecule has 4 fully saturated rings. The largest absolute Gasteiger partial charge is 0.481 e. The molecule has 1 heterocycles. The third-order valence-electron chi connectivity index (χ3n) is 5.67. The molecule has 1 N–H and O–H groups in total. The smallest absolute Gasteiger partial charge is 0.213 e. The van der Waals surface area contributed by atoms with E-state index in [-0.39, 0.29) is 0 Å². The fraction of sp³-hybridized carbons (Fsp3) is 0.706. The summed E-state index contributed by atoms with van der Waals surface area (Å²) in [5.41, 5.74) is 1.51. The third kappa shape index (κ3) is 2.22. The van der Waals surface area contributed by atoms with Gasteiger partial charge >= 0.3 is 0 Å². The van der Waals surface area contributed by atoms with Gasteiger partial charge < -0.3 is 10.1 Å². The molecule has 0 spiro atoms. The summed E-state index contributed by atoms with van der Waals surface area (Å²) in [6, 6.07) is 6.03. The Morgan fingerprint density at radius 1 is 1.15 bits per heavy atom. The van der Waals surface area contributed by atoms with Crippen molar-refractivity contribution < 1.29 is 4.74 Å². The summed E-state index contributed by atoms with van der Waals surface area (Å²) < 4.78 is 5.21. The lowest BCUT2D eigenvalue weighted by Gasteiger charge is -2.57. The molecule has 5 rings (SSSR count). The van der Waals surface area contributed by atoms with E-state index < -0.39 is 0 Å². The molecular formula is C17H24N2O. The highest BCUT2D eigenvalue weighted by Crippen LogP contribution is 2.55. The van der Waals surface area contributed by atoms with Gasteiger partial charge in [-0.15, -0.1) is 0 Å². The van der Waals surface area contributed by atoms with E-state index in [0.29, 0.717) is 5.54 Å². The van der Waals surface area contributed by atoms with Gasteiger partial charge in [0.25, 0.3) is 0 Å². The molecule has 0 unspecified atom stereocenters. The van der Waals surface area contributed by atoms with Crippen LogP contribution in [0.5, 0.6) is 5.88 Å². The van der Waals surface area contributed by atoms with Gasteiger partial charge in [0.15, 0.2) is 0 Å². The third-order valence-corrected chi connectivity index (χ3v) is 5.67. The van der Waals surface area contributed by atoms with Crippen molar-refractivity contribution in [2.45, 2.75) is 50.6 Å². The molecule has 4 saturated carbocycles. The van der Waals surface area contributed by atoms with Crippen LogP contribution in [0.2, 0.25) is 0 Å². The maximum atomic E-state index is 5.21. The Kier molecular flexibility index (Phi) is 2.99. The molecule has 1 aromatic heterocycles. The first kappa shape index (κ1) is 12.6. The summed E-state index contributed by atoms with van der Waals surface area (Å²) >= 11 is 0. The van der Waals surface area contributed by atoms with Gasteiger partial charge in [0.2, 0.25) is 5.88 Å². The van der Waals surface area contributed by atoms with E-state index in [4.69, 9.17) is 4.74 Å². The van der Waals surface area contributed by atoms with Gasteiger partial charge in [0, 0.05) is 18.2 Å². The van der Waals surface area contributed by atoms with E-state index in [2.05, 4.69) is 16.4 Å². The van der Waals surface area contributed by atoms with Gasteiger partial charge in [-0.1, -0.05) is 6.07 Å². The average Bonchev–Trinajstić information content (AvgIpc) is 2.44. The summed E-state index contributed by atoms with van der Waals surface area (Å²) in [5, 5.41) is 3.88. The molecule has 0 aliphatic heterocycles. The van der Waals surface area contributed by atoms with E-state index in [1.165, 1.54) is 38.5 Å². The number of hydrogen-bond acceptors (Lipinski definition) is 3. The zero-order valence-corrected chi connectivity index (χ0v) is 12.3. The molecular weight excluding hydrogens is 248 g/mol. The van der Waals surface area contributed by atoms with E-state index in [1.807, 2.05) is 12.1 Å². The fourth-order valence-electron chi connectivity index (χ4n) is 5.27. The summed E-state index contributed by atoms with van der Waals surface area (Å²) in [7, 11) is 1.68. The second kappa shape index (κ2) is 4.73. The summed E-state index contributed by atoms with van der Waals surface area (Å²) in [4.78, 5) is 4.52. The Hall–Kier alpha value is -1.09. The summed E-state index contributed by atoms with van der Waals surface area (Å²) in [6.45, 7) is 0.878. The summed E-state index contributed by atoms with van der Waals surface area (Å²) in [6.07, 6.45) is 8.67. The lowest BCUT2D eigenvalue weighted by molar-refractivity contribution is -0.0207. The zero-order valence-electron chi connectivity index (χ0n) is 12.3. The van der Waals surface area contributed by atoms with Crippen molar-refractivity contribution >= 4 is 0 Å². The Labute approximate surface area is 121 Å². The highest BCUT2D eigenvalue weighted by Gasteiger charge is 2.50. The standard InChI is InChI=1S/C17H24N2O/c1-20-16-4-2-3-15(19-16)11-18-17-8-12-5-13(9-17)7-14(6-12)10-17/h2-4,12-14,18H,5-11H2,1H3. The Morgan fingerprint density at radius 3 is 2.40 bits per heavy atom. The van der Waals surface area contributed by atoms with Gasteiger partial charge in [0.05, 0.1) is 12.8 Å². The number of rotatable bonds is 4. The lowest BCUT2D eigenvalue weighted by atomic mass is 9.53. The second-order valence-electron chi connectivity index (χ2n) is 7.22. The minimum Gasteiger partial charge on any atom is -0.481 e. The van der Waals surface area contributed by atoms with Gasteiger partial charge in [-0.2, -0.15) is 0 Å².